The van der Waals surface area contributed by atoms with Crippen LogP contribution in [0.4, 0.5) is 11.5 Å². The first-order chi connectivity index (χ1) is 9.20. The van der Waals surface area contributed by atoms with Gasteiger partial charge in [0.1, 0.15) is 0 Å². The highest BCUT2D eigenvalue weighted by Crippen LogP contribution is 2.38. The molecular weight excluding hydrogens is 322 g/mol. The fourth-order valence-corrected chi connectivity index (χ4v) is 3.15. The number of aryl methyl sites for hydroxylation is 1. The van der Waals surface area contributed by atoms with Crippen molar-refractivity contribution < 1.29 is 4.43 Å². The SMILES string of the molecule is CCCCN1C=C2O[Si]=CN2c2nc(C)c(Br)cc21. The minimum absolute atomic E-state index is 0.375. The number of fused-ring (bicyclic) bond motifs is 3. The monoisotopic (exact) mass is 336 g/mol. The zero-order valence-electron chi connectivity index (χ0n) is 11.0. The molecule has 0 N–H and O–H groups in total. The standard InChI is InChI=1S/C13H15BrN3OSi/c1-3-4-5-16-7-12-17(8-19-18-12)13-11(16)6-10(14)9(2)15-13/h6-8H,3-5H2,1-2H3. The van der Waals surface area contributed by atoms with Gasteiger partial charge in [-0.05, 0) is 35.3 Å². The van der Waals surface area contributed by atoms with E-state index >= 15 is 0 Å². The Balaban J connectivity index is 2.06. The smallest absolute Gasteiger partial charge is 0.310 e. The van der Waals surface area contributed by atoms with Crippen molar-refractivity contribution in [2.24, 2.45) is 0 Å². The van der Waals surface area contributed by atoms with Crippen LogP contribution in [0.15, 0.2) is 22.6 Å². The van der Waals surface area contributed by atoms with Gasteiger partial charge in [0.25, 0.3) is 0 Å². The van der Waals surface area contributed by atoms with Gasteiger partial charge in [-0.1, -0.05) is 13.3 Å². The average molecular weight is 337 g/mol. The lowest BCUT2D eigenvalue weighted by atomic mass is 10.2. The zero-order valence-corrected chi connectivity index (χ0v) is 13.6. The van der Waals surface area contributed by atoms with E-state index in [2.05, 4.69) is 50.7 Å². The van der Waals surface area contributed by atoms with Crippen LogP contribution < -0.4 is 9.80 Å². The Morgan fingerprint density at radius 1 is 1.47 bits per heavy atom. The van der Waals surface area contributed by atoms with Gasteiger partial charge in [-0.2, -0.15) is 0 Å². The summed E-state index contributed by atoms with van der Waals surface area (Å²) >= 11 is 3.57. The van der Waals surface area contributed by atoms with E-state index < -0.39 is 0 Å². The van der Waals surface area contributed by atoms with E-state index in [9.17, 15) is 0 Å². The number of hydrogen-bond acceptors (Lipinski definition) is 4. The zero-order chi connectivity index (χ0) is 13.4. The second kappa shape index (κ2) is 5.09. The Hall–Kier alpha value is -1.14. The highest BCUT2D eigenvalue weighted by Gasteiger charge is 2.28. The molecule has 4 nitrogen and oxygen atoms in total. The predicted molar refractivity (Wildman–Crippen MR) is 82.4 cm³/mol. The van der Waals surface area contributed by atoms with Crippen molar-refractivity contribution in [2.45, 2.75) is 26.7 Å². The van der Waals surface area contributed by atoms with Gasteiger partial charge in [0, 0.05) is 16.8 Å². The first-order valence-corrected chi connectivity index (χ1v) is 8.19. The molecule has 0 fully saturated rings. The lowest BCUT2D eigenvalue weighted by Crippen LogP contribution is -2.31. The van der Waals surface area contributed by atoms with Crippen LogP contribution in [-0.4, -0.2) is 26.7 Å². The van der Waals surface area contributed by atoms with Gasteiger partial charge >= 0.3 is 9.38 Å². The van der Waals surface area contributed by atoms with Gasteiger partial charge in [-0.25, -0.2) is 4.98 Å². The molecule has 19 heavy (non-hydrogen) atoms. The van der Waals surface area contributed by atoms with Gasteiger partial charge in [-0.3, -0.25) is 4.90 Å². The van der Waals surface area contributed by atoms with E-state index in [4.69, 9.17) is 9.41 Å². The molecule has 0 aliphatic carbocycles. The molecule has 99 valence electrons. The molecule has 2 aliphatic heterocycles. The summed E-state index contributed by atoms with van der Waals surface area (Å²) in [5, 5.41) is 0. The molecule has 0 amide bonds. The molecule has 6 heteroatoms. The third kappa shape index (κ3) is 2.23. The molecule has 0 aromatic carbocycles. The fraction of sp³-hybridized carbons (Fsp3) is 0.385. The van der Waals surface area contributed by atoms with E-state index in [1.165, 1.54) is 6.42 Å². The number of pyridine rings is 1. The summed E-state index contributed by atoms with van der Waals surface area (Å²) in [4.78, 5) is 9.00. The van der Waals surface area contributed by atoms with Crippen molar-refractivity contribution in [1.29, 1.82) is 0 Å². The van der Waals surface area contributed by atoms with Crippen molar-refractivity contribution in [2.75, 3.05) is 16.3 Å². The maximum Gasteiger partial charge on any atom is 0.310 e. The molecule has 0 saturated carbocycles. The van der Waals surface area contributed by atoms with Crippen molar-refractivity contribution in [3.63, 3.8) is 0 Å². The van der Waals surface area contributed by atoms with Crippen LogP contribution in [0.3, 0.4) is 0 Å². The molecule has 3 rings (SSSR count). The van der Waals surface area contributed by atoms with Crippen LogP contribution in [0.5, 0.6) is 0 Å². The normalized spacial score (nSPS) is 16.1. The third-order valence-electron chi connectivity index (χ3n) is 3.25. The van der Waals surface area contributed by atoms with Crippen molar-refractivity contribution in [3.05, 3.63) is 28.3 Å². The highest BCUT2D eigenvalue weighted by atomic mass is 79.9. The molecule has 0 unspecified atom stereocenters. The Kier molecular flexibility index (Phi) is 3.45. The fourth-order valence-electron chi connectivity index (χ4n) is 2.17. The Morgan fingerprint density at radius 3 is 3.11 bits per heavy atom. The third-order valence-corrected chi connectivity index (χ3v) is 4.74. The summed E-state index contributed by atoms with van der Waals surface area (Å²) < 4.78 is 6.71. The number of hydrogen-bond donors (Lipinski definition) is 0. The topological polar surface area (TPSA) is 28.6 Å². The van der Waals surface area contributed by atoms with E-state index in [0.717, 1.165) is 40.5 Å². The predicted octanol–water partition coefficient (Wildman–Crippen LogP) is 2.79. The molecule has 0 bridgehead atoms. The van der Waals surface area contributed by atoms with Gasteiger partial charge in [-0.15, -0.1) is 0 Å². The van der Waals surface area contributed by atoms with Gasteiger partial charge in [0.05, 0.1) is 17.6 Å². The van der Waals surface area contributed by atoms with Crippen molar-refractivity contribution in [1.82, 2.24) is 4.98 Å². The van der Waals surface area contributed by atoms with Crippen LogP contribution >= 0.6 is 15.9 Å². The summed E-state index contributed by atoms with van der Waals surface area (Å²) in [6.45, 7) is 5.21. The number of aromatic nitrogens is 1. The lowest BCUT2D eigenvalue weighted by Gasteiger charge is -2.32. The number of nitrogens with zero attached hydrogens (tertiary/aromatic N) is 3. The molecular formula is C13H15BrN3OSi. The summed E-state index contributed by atoms with van der Waals surface area (Å²) in [5.74, 6) is 3.91. The molecule has 2 aliphatic rings. The maximum absolute atomic E-state index is 5.66. The minimum Gasteiger partial charge on any atom is -0.498 e. The quantitative estimate of drug-likeness (QED) is 0.793. The Labute approximate surface area is 123 Å². The lowest BCUT2D eigenvalue weighted by molar-refractivity contribution is 0.464. The van der Waals surface area contributed by atoms with Crippen molar-refractivity contribution >= 4 is 42.6 Å². The molecule has 1 aromatic heterocycles. The summed E-state index contributed by atoms with van der Waals surface area (Å²) in [6, 6.07) is 2.15. The molecule has 0 saturated heterocycles. The summed E-state index contributed by atoms with van der Waals surface area (Å²) in [7, 11) is 0.375. The number of unbranched alkanes of at least 4 members (excludes halogenated alkanes) is 1. The van der Waals surface area contributed by atoms with Crippen molar-refractivity contribution in [3.8, 4) is 0 Å². The second-order valence-electron chi connectivity index (χ2n) is 4.63. The van der Waals surface area contributed by atoms with Crippen LogP contribution in [0.2, 0.25) is 0 Å². The van der Waals surface area contributed by atoms with E-state index in [0.29, 0.717) is 9.38 Å². The Morgan fingerprint density at radius 2 is 2.32 bits per heavy atom. The number of rotatable bonds is 3. The highest BCUT2D eigenvalue weighted by molar-refractivity contribution is 9.10. The molecule has 0 spiro atoms. The summed E-state index contributed by atoms with van der Waals surface area (Å²) in [6.07, 6.45) is 4.41. The Bertz CT molecular complexity index is 573. The molecule has 3 heterocycles. The number of anilines is 2. The van der Waals surface area contributed by atoms with Gasteiger partial charge in [0.2, 0.25) is 5.88 Å². The minimum atomic E-state index is 0.375. The van der Waals surface area contributed by atoms with Gasteiger partial charge in [0.15, 0.2) is 5.82 Å². The molecule has 1 aromatic rings. The van der Waals surface area contributed by atoms with E-state index in [-0.39, 0.29) is 0 Å². The first kappa shape index (κ1) is 12.9. The molecule has 0 atom stereocenters. The largest absolute Gasteiger partial charge is 0.498 e. The van der Waals surface area contributed by atoms with Crippen LogP contribution in [-0.2, 0) is 4.43 Å². The van der Waals surface area contributed by atoms with E-state index in [1.54, 1.807) is 0 Å². The molecule has 1 radical (unpaired) electrons. The maximum atomic E-state index is 5.66. The first-order valence-electron chi connectivity index (χ1n) is 6.41. The van der Waals surface area contributed by atoms with E-state index in [1.807, 2.05) is 6.92 Å². The second-order valence-corrected chi connectivity index (χ2v) is 6.18. The average Bonchev–Trinajstić information content (AvgIpc) is 2.86. The van der Waals surface area contributed by atoms with Crippen LogP contribution in [0, 0.1) is 6.92 Å². The number of halogens is 1. The van der Waals surface area contributed by atoms with Gasteiger partial charge < -0.3 is 9.33 Å². The van der Waals surface area contributed by atoms with Crippen LogP contribution in [0.25, 0.3) is 0 Å². The summed E-state index contributed by atoms with van der Waals surface area (Å²) in [5.41, 5.74) is 2.14. The van der Waals surface area contributed by atoms with Crippen LogP contribution in [0.1, 0.15) is 25.5 Å².